The summed E-state index contributed by atoms with van der Waals surface area (Å²) in [6, 6.07) is 5.75. The number of carboxylic acid groups (broad SMARTS) is 1. The van der Waals surface area contributed by atoms with E-state index in [0.29, 0.717) is 11.3 Å². The molecule has 1 heterocycles. The monoisotopic (exact) mass is 291 g/mol. The molecule has 0 amide bonds. The highest BCUT2D eigenvalue weighted by Crippen LogP contribution is 2.18. The molecule has 0 aliphatic heterocycles. The molecule has 0 saturated carbocycles. The molecule has 21 heavy (non-hydrogen) atoms. The van der Waals surface area contributed by atoms with Crippen molar-refractivity contribution in [3.05, 3.63) is 63.3 Å². The molecular formula is C15H14FNO4. The molecule has 0 atom stereocenters. The Kier molecular flexibility index (Phi) is 4.07. The predicted molar refractivity (Wildman–Crippen MR) is 74.5 cm³/mol. The summed E-state index contributed by atoms with van der Waals surface area (Å²) < 4.78 is 20.1. The third kappa shape index (κ3) is 3.10. The van der Waals surface area contributed by atoms with Crippen molar-refractivity contribution in [1.82, 2.24) is 4.57 Å². The Balaban J connectivity index is 2.39. The predicted octanol–water partition coefficient (Wildman–Crippen LogP) is 2.05. The Labute approximate surface area is 120 Å². The Hall–Kier alpha value is -2.63. The average Bonchev–Trinajstić information content (AvgIpc) is 2.41. The van der Waals surface area contributed by atoms with Crippen LogP contribution in [0.4, 0.5) is 4.39 Å². The number of hydrogen-bond donors (Lipinski definition) is 1. The number of aromatic nitrogens is 1. The molecular weight excluding hydrogens is 277 g/mol. The maximum atomic E-state index is 13.6. The van der Waals surface area contributed by atoms with Crippen LogP contribution in [0.15, 0.2) is 35.3 Å². The van der Waals surface area contributed by atoms with E-state index in [4.69, 9.17) is 9.84 Å². The van der Waals surface area contributed by atoms with Gasteiger partial charge >= 0.3 is 5.97 Å². The lowest BCUT2D eigenvalue weighted by Gasteiger charge is -2.12. The molecule has 0 saturated heterocycles. The first kappa shape index (κ1) is 14.8. The second-order valence-corrected chi connectivity index (χ2v) is 4.59. The molecule has 5 nitrogen and oxygen atoms in total. The minimum atomic E-state index is -1.28. The van der Waals surface area contributed by atoms with Crippen LogP contribution in [0, 0.1) is 12.7 Å². The summed E-state index contributed by atoms with van der Waals surface area (Å²) in [7, 11) is 1.38. The zero-order valence-electron chi connectivity index (χ0n) is 11.6. The number of aromatic carboxylic acids is 1. The zero-order chi connectivity index (χ0) is 15.6. The van der Waals surface area contributed by atoms with Gasteiger partial charge < -0.3 is 14.4 Å². The van der Waals surface area contributed by atoms with Gasteiger partial charge in [0.05, 0.1) is 7.11 Å². The third-order valence-electron chi connectivity index (χ3n) is 3.14. The molecule has 0 aliphatic carbocycles. The van der Waals surface area contributed by atoms with Crippen LogP contribution in [0.3, 0.4) is 0 Å². The highest BCUT2D eigenvalue weighted by Gasteiger charge is 2.11. The standard InChI is InChI=1S/C15H14FNO4/c1-9-5-13(18)11(15(19)20)8-17(9)7-10-3-4-14(21-2)12(16)6-10/h3-6,8H,7H2,1-2H3,(H,19,20). The van der Waals surface area contributed by atoms with Crippen LogP contribution in [0.1, 0.15) is 21.6 Å². The molecule has 0 unspecified atom stereocenters. The van der Waals surface area contributed by atoms with Crippen LogP contribution in [0.25, 0.3) is 0 Å². The molecule has 6 heteroatoms. The van der Waals surface area contributed by atoms with Gasteiger partial charge in [0, 0.05) is 24.5 Å². The number of benzene rings is 1. The van der Waals surface area contributed by atoms with E-state index in [1.165, 1.54) is 31.5 Å². The smallest absolute Gasteiger partial charge is 0.341 e. The number of aryl methyl sites for hydroxylation is 1. The van der Waals surface area contributed by atoms with Gasteiger partial charge in [0.2, 0.25) is 0 Å². The van der Waals surface area contributed by atoms with Crippen LogP contribution in [-0.2, 0) is 6.54 Å². The van der Waals surface area contributed by atoms with E-state index in [-0.39, 0.29) is 17.9 Å². The second kappa shape index (κ2) is 5.78. The molecule has 0 aliphatic rings. The van der Waals surface area contributed by atoms with Crippen LogP contribution in [-0.4, -0.2) is 22.8 Å². The van der Waals surface area contributed by atoms with E-state index in [1.807, 2.05) is 0 Å². The van der Waals surface area contributed by atoms with Crippen molar-refractivity contribution in [1.29, 1.82) is 0 Å². The summed E-state index contributed by atoms with van der Waals surface area (Å²) in [4.78, 5) is 22.5. The quantitative estimate of drug-likeness (QED) is 0.936. The number of ether oxygens (including phenoxy) is 1. The minimum Gasteiger partial charge on any atom is -0.494 e. The van der Waals surface area contributed by atoms with E-state index in [1.54, 1.807) is 17.6 Å². The summed E-state index contributed by atoms with van der Waals surface area (Å²) in [6.07, 6.45) is 1.27. The van der Waals surface area contributed by atoms with Crippen LogP contribution < -0.4 is 10.2 Å². The molecule has 0 bridgehead atoms. The number of carbonyl (C=O) groups is 1. The van der Waals surface area contributed by atoms with E-state index < -0.39 is 17.2 Å². The SMILES string of the molecule is COc1ccc(Cn2cc(C(=O)O)c(=O)cc2C)cc1F. The van der Waals surface area contributed by atoms with Crippen molar-refractivity contribution in [3.8, 4) is 5.75 Å². The topological polar surface area (TPSA) is 68.5 Å². The lowest BCUT2D eigenvalue weighted by Crippen LogP contribution is -2.19. The van der Waals surface area contributed by atoms with Gasteiger partial charge in [-0.2, -0.15) is 0 Å². The van der Waals surface area contributed by atoms with Gasteiger partial charge in [-0.3, -0.25) is 4.79 Å². The van der Waals surface area contributed by atoms with Crippen LogP contribution in [0.5, 0.6) is 5.75 Å². The molecule has 110 valence electrons. The summed E-state index contributed by atoms with van der Waals surface area (Å²) in [6.45, 7) is 1.94. The average molecular weight is 291 g/mol. The lowest BCUT2D eigenvalue weighted by atomic mass is 10.2. The highest BCUT2D eigenvalue weighted by molar-refractivity contribution is 5.87. The first-order chi connectivity index (χ1) is 9.92. The Morgan fingerprint density at radius 3 is 2.67 bits per heavy atom. The number of methoxy groups -OCH3 is 1. The van der Waals surface area contributed by atoms with Gasteiger partial charge in [0.25, 0.3) is 0 Å². The summed E-state index contributed by atoms with van der Waals surface area (Å²) >= 11 is 0. The third-order valence-corrected chi connectivity index (χ3v) is 3.14. The Morgan fingerprint density at radius 1 is 1.38 bits per heavy atom. The number of halogens is 1. The van der Waals surface area contributed by atoms with Crippen molar-refractivity contribution in [2.45, 2.75) is 13.5 Å². The number of hydrogen-bond acceptors (Lipinski definition) is 3. The number of carboxylic acids is 1. The molecule has 2 rings (SSSR count). The largest absolute Gasteiger partial charge is 0.494 e. The van der Waals surface area contributed by atoms with Crippen molar-refractivity contribution in [2.24, 2.45) is 0 Å². The molecule has 0 fully saturated rings. The van der Waals surface area contributed by atoms with Crippen LogP contribution >= 0.6 is 0 Å². The van der Waals surface area contributed by atoms with Gasteiger partial charge in [0.1, 0.15) is 5.56 Å². The van der Waals surface area contributed by atoms with E-state index in [2.05, 4.69) is 0 Å². The van der Waals surface area contributed by atoms with E-state index in [9.17, 15) is 14.0 Å². The first-order valence-electron chi connectivity index (χ1n) is 6.19. The molecule has 0 spiro atoms. The Bertz CT molecular complexity index is 752. The minimum absolute atomic E-state index is 0.140. The summed E-state index contributed by atoms with van der Waals surface area (Å²) in [5.41, 5.74) is 0.379. The van der Waals surface area contributed by atoms with Gasteiger partial charge in [-0.25, -0.2) is 9.18 Å². The van der Waals surface area contributed by atoms with Crippen molar-refractivity contribution in [2.75, 3.05) is 7.11 Å². The van der Waals surface area contributed by atoms with Gasteiger partial charge in [-0.05, 0) is 24.6 Å². The number of pyridine rings is 1. The molecule has 1 aromatic heterocycles. The van der Waals surface area contributed by atoms with Crippen molar-refractivity contribution >= 4 is 5.97 Å². The summed E-state index contributed by atoms with van der Waals surface area (Å²) in [5, 5.41) is 8.97. The van der Waals surface area contributed by atoms with Gasteiger partial charge in [-0.1, -0.05) is 6.07 Å². The van der Waals surface area contributed by atoms with Crippen LogP contribution in [0.2, 0.25) is 0 Å². The molecule has 1 N–H and O–H groups in total. The highest BCUT2D eigenvalue weighted by atomic mass is 19.1. The Morgan fingerprint density at radius 2 is 2.10 bits per heavy atom. The molecule has 1 aromatic carbocycles. The zero-order valence-corrected chi connectivity index (χ0v) is 11.6. The van der Waals surface area contributed by atoms with E-state index in [0.717, 1.165) is 0 Å². The molecule has 0 radical (unpaired) electrons. The number of nitrogens with zero attached hydrogens (tertiary/aromatic N) is 1. The normalized spacial score (nSPS) is 10.4. The fraction of sp³-hybridized carbons (Fsp3) is 0.200. The lowest BCUT2D eigenvalue weighted by molar-refractivity contribution is 0.0694. The number of rotatable bonds is 4. The second-order valence-electron chi connectivity index (χ2n) is 4.59. The van der Waals surface area contributed by atoms with Crippen molar-refractivity contribution in [3.63, 3.8) is 0 Å². The van der Waals surface area contributed by atoms with Crippen molar-refractivity contribution < 1.29 is 19.0 Å². The fourth-order valence-corrected chi connectivity index (χ4v) is 2.01. The van der Waals surface area contributed by atoms with E-state index >= 15 is 0 Å². The molecule has 2 aromatic rings. The maximum Gasteiger partial charge on any atom is 0.341 e. The summed E-state index contributed by atoms with van der Waals surface area (Å²) in [5.74, 6) is -1.64. The maximum absolute atomic E-state index is 13.6. The fourth-order valence-electron chi connectivity index (χ4n) is 2.01. The van der Waals surface area contributed by atoms with Gasteiger partial charge in [-0.15, -0.1) is 0 Å². The first-order valence-corrected chi connectivity index (χ1v) is 6.19. The van der Waals surface area contributed by atoms with Gasteiger partial charge in [0.15, 0.2) is 17.0 Å².